The van der Waals surface area contributed by atoms with Gasteiger partial charge >= 0.3 is 0 Å². The van der Waals surface area contributed by atoms with Gasteiger partial charge in [0.2, 0.25) is 0 Å². The standard InChI is InChI=1S/C9H11N3/c1-2-4-8-7-11-12-9(8)5-3-6-10-12/h3,5-7H,2,4H2,1H3. The van der Waals surface area contributed by atoms with E-state index in [-0.39, 0.29) is 0 Å². The summed E-state index contributed by atoms with van der Waals surface area (Å²) in [5, 5.41) is 8.23. The van der Waals surface area contributed by atoms with Gasteiger partial charge in [0, 0.05) is 6.20 Å². The van der Waals surface area contributed by atoms with Crippen LogP contribution in [0.2, 0.25) is 0 Å². The van der Waals surface area contributed by atoms with Gasteiger partial charge in [0.25, 0.3) is 0 Å². The molecular weight excluding hydrogens is 150 g/mol. The highest BCUT2D eigenvalue weighted by atomic mass is 15.4. The molecule has 3 nitrogen and oxygen atoms in total. The molecule has 2 rings (SSSR count). The van der Waals surface area contributed by atoms with Gasteiger partial charge in [0.05, 0.1) is 11.7 Å². The Balaban J connectivity index is 2.55. The monoisotopic (exact) mass is 161 g/mol. The normalized spacial score (nSPS) is 10.8. The lowest BCUT2D eigenvalue weighted by Crippen LogP contribution is -1.91. The van der Waals surface area contributed by atoms with Crippen LogP contribution < -0.4 is 0 Å². The SMILES string of the molecule is CCCc1cnn2ncccc12. The Bertz CT molecular complexity index is 378. The predicted molar refractivity (Wildman–Crippen MR) is 47.0 cm³/mol. The van der Waals surface area contributed by atoms with Crippen molar-refractivity contribution in [2.45, 2.75) is 19.8 Å². The molecule has 0 fully saturated rings. The first-order valence-electron chi connectivity index (χ1n) is 4.19. The molecule has 0 saturated carbocycles. The van der Waals surface area contributed by atoms with E-state index in [2.05, 4.69) is 17.1 Å². The molecule has 12 heavy (non-hydrogen) atoms. The van der Waals surface area contributed by atoms with E-state index < -0.39 is 0 Å². The zero-order chi connectivity index (χ0) is 8.39. The minimum absolute atomic E-state index is 1.08. The van der Waals surface area contributed by atoms with Crippen molar-refractivity contribution in [3.8, 4) is 0 Å². The molecule has 62 valence electrons. The first-order chi connectivity index (χ1) is 5.92. The number of aryl methyl sites for hydroxylation is 1. The summed E-state index contributed by atoms with van der Waals surface area (Å²) in [6.45, 7) is 2.17. The predicted octanol–water partition coefficient (Wildman–Crippen LogP) is 1.68. The first kappa shape index (κ1) is 7.28. The van der Waals surface area contributed by atoms with Crippen LogP contribution in [0.5, 0.6) is 0 Å². The molecule has 0 aromatic carbocycles. The van der Waals surface area contributed by atoms with Gasteiger partial charge in [-0.2, -0.15) is 14.8 Å². The Labute approximate surface area is 71.0 Å². The van der Waals surface area contributed by atoms with Gasteiger partial charge in [-0.05, 0) is 24.1 Å². The van der Waals surface area contributed by atoms with Crippen LogP contribution in [0.1, 0.15) is 18.9 Å². The Morgan fingerprint density at radius 1 is 1.42 bits per heavy atom. The Morgan fingerprint density at radius 2 is 2.33 bits per heavy atom. The zero-order valence-corrected chi connectivity index (χ0v) is 7.07. The van der Waals surface area contributed by atoms with E-state index in [0.29, 0.717) is 0 Å². The van der Waals surface area contributed by atoms with Gasteiger partial charge in [-0.3, -0.25) is 0 Å². The molecule has 2 aromatic heterocycles. The highest BCUT2D eigenvalue weighted by molar-refractivity contribution is 5.52. The molecule has 0 aliphatic rings. The fourth-order valence-electron chi connectivity index (χ4n) is 1.34. The molecule has 0 saturated heterocycles. The molecular formula is C9H11N3. The van der Waals surface area contributed by atoms with Crippen LogP contribution in [0.15, 0.2) is 24.5 Å². The van der Waals surface area contributed by atoms with E-state index in [9.17, 15) is 0 Å². The number of nitrogens with zero attached hydrogens (tertiary/aromatic N) is 3. The van der Waals surface area contributed by atoms with Crippen LogP contribution in [-0.4, -0.2) is 14.8 Å². The van der Waals surface area contributed by atoms with Gasteiger partial charge in [-0.1, -0.05) is 13.3 Å². The molecule has 0 aliphatic carbocycles. The number of hydrogen-bond donors (Lipinski definition) is 0. The minimum atomic E-state index is 1.08. The average molecular weight is 161 g/mol. The van der Waals surface area contributed by atoms with Crippen molar-refractivity contribution in [2.75, 3.05) is 0 Å². The summed E-state index contributed by atoms with van der Waals surface area (Å²) >= 11 is 0. The van der Waals surface area contributed by atoms with Crippen molar-refractivity contribution in [3.05, 3.63) is 30.1 Å². The quantitative estimate of drug-likeness (QED) is 0.670. The Kier molecular flexibility index (Phi) is 1.78. The third-order valence-electron chi connectivity index (χ3n) is 1.90. The molecule has 0 unspecified atom stereocenters. The maximum absolute atomic E-state index is 4.14. The summed E-state index contributed by atoms with van der Waals surface area (Å²) in [4.78, 5) is 0. The third kappa shape index (κ3) is 1.07. The molecule has 2 heterocycles. The Hall–Kier alpha value is -1.38. The molecule has 2 aromatic rings. The number of hydrogen-bond acceptors (Lipinski definition) is 2. The summed E-state index contributed by atoms with van der Waals surface area (Å²) in [5.74, 6) is 0. The van der Waals surface area contributed by atoms with Gasteiger partial charge in [-0.25, -0.2) is 0 Å². The Morgan fingerprint density at radius 3 is 3.17 bits per heavy atom. The zero-order valence-electron chi connectivity index (χ0n) is 7.07. The number of aromatic nitrogens is 3. The summed E-state index contributed by atoms with van der Waals surface area (Å²) in [7, 11) is 0. The number of rotatable bonds is 2. The number of fused-ring (bicyclic) bond motifs is 1. The van der Waals surface area contributed by atoms with Crippen LogP contribution >= 0.6 is 0 Å². The van der Waals surface area contributed by atoms with Gasteiger partial charge in [-0.15, -0.1) is 0 Å². The van der Waals surface area contributed by atoms with E-state index in [1.807, 2.05) is 18.3 Å². The second-order valence-electron chi connectivity index (χ2n) is 2.82. The van der Waals surface area contributed by atoms with Crippen molar-refractivity contribution in [1.29, 1.82) is 0 Å². The largest absolute Gasteiger partial charge is 0.159 e. The molecule has 0 N–H and O–H groups in total. The van der Waals surface area contributed by atoms with Gasteiger partial charge in [0.1, 0.15) is 0 Å². The topological polar surface area (TPSA) is 30.2 Å². The lowest BCUT2D eigenvalue weighted by Gasteiger charge is -1.93. The van der Waals surface area contributed by atoms with E-state index in [1.54, 1.807) is 10.8 Å². The van der Waals surface area contributed by atoms with E-state index in [0.717, 1.165) is 18.4 Å². The smallest absolute Gasteiger partial charge is 0.0905 e. The summed E-state index contributed by atoms with van der Waals surface area (Å²) in [6, 6.07) is 3.99. The molecule has 0 aliphatic heterocycles. The third-order valence-corrected chi connectivity index (χ3v) is 1.90. The van der Waals surface area contributed by atoms with Crippen LogP contribution in [0.25, 0.3) is 5.52 Å². The fourth-order valence-corrected chi connectivity index (χ4v) is 1.34. The molecule has 3 heteroatoms. The van der Waals surface area contributed by atoms with Crippen molar-refractivity contribution < 1.29 is 0 Å². The first-order valence-corrected chi connectivity index (χ1v) is 4.19. The summed E-state index contributed by atoms with van der Waals surface area (Å²) < 4.78 is 1.67. The summed E-state index contributed by atoms with van der Waals surface area (Å²) in [5.41, 5.74) is 2.41. The average Bonchev–Trinajstić information content (AvgIpc) is 2.50. The van der Waals surface area contributed by atoms with Crippen LogP contribution in [0.4, 0.5) is 0 Å². The molecule has 0 amide bonds. The van der Waals surface area contributed by atoms with Crippen molar-refractivity contribution >= 4 is 5.52 Å². The minimum Gasteiger partial charge on any atom is -0.159 e. The molecule has 0 spiro atoms. The van der Waals surface area contributed by atoms with Crippen molar-refractivity contribution in [2.24, 2.45) is 0 Å². The lowest BCUT2D eigenvalue weighted by molar-refractivity contribution is 0.799. The van der Waals surface area contributed by atoms with Gasteiger partial charge < -0.3 is 0 Å². The summed E-state index contributed by atoms with van der Waals surface area (Å²) in [6.07, 6.45) is 5.87. The van der Waals surface area contributed by atoms with Crippen LogP contribution in [-0.2, 0) is 6.42 Å². The van der Waals surface area contributed by atoms with Gasteiger partial charge in [0.15, 0.2) is 0 Å². The second kappa shape index (κ2) is 2.93. The van der Waals surface area contributed by atoms with Crippen LogP contribution in [0, 0.1) is 0 Å². The molecule has 0 radical (unpaired) electrons. The van der Waals surface area contributed by atoms with Crippen molar-refractivity contribution in [3.63, 3.8) is 0 Å². The van der Waals surface area contributed by atoms with E-state index in [4.69, 9.17) is 0 Å². The highest BCUT2D eigenvalue weighted by Gasteiger charge is 2.01. The van der Waals surface area contributed by atoms with E-state index in [1.165, 1.54) is 5.56 Å². The van der Waals surface area contributed by atoms with Crippen molar-refractivity contribution in [1.82, 2.24) is 14.8 Å². The fraction of sp³-hybridized carbons (Fsp3) is 0.333. The molecule has 0 bridgehead atoms. The molecule has 0 atom stereocenters. The second-order valence-corrected chi connectivity index (χ2v) is 2.82. The van der Waals surface area contributed by atoms with E-state index >= 15 is 0 Å². The maximum Gasteiger partial charge on any atom is 0.0905 e. The van der Waals surface area contributed by atoms with Crippen LogP contribution in [0.3, 0.4) is 0 Å². The highest BCUT2D eigenvalue weighted by Crippen LogP contribution is 2.09. The lowest BCUT2D eigenvalue weighted by atomic mass is 10.2. The maximum atomic E-state index is 4.14.